The molecule has 2 N–H and O–H groups in total. The average Bonchev–Trinajstić information content (AvgIpc) is 2.74. The van der Waals surface area contributed by atoms with Gasteiger partial charge in [-0.2, -0.15) is 5.10 Å². The van der Waals surface area contributed by atoms with Gasteiger partial charge in [0.05, 0.1) is 0 Å². The van der Waals surface area contributed by atoms with Gasteiger partial charge in [0.1, 0.15) is 0 Å². The summed E-state index contributed by atoms with van der Waals surface area (Å²) in [6, 6.07) is 1.85. The lowest BCUT2D eigenvalue weighted by Gasteiger charge is -2.37. The number of aryl methyl sites for hydroxylation is 1. The molecule has 0 aromatic carbocycles. The van der Waals surface area contributed by atoms with Gasteiger partial charge in [-0.05, 0) is 25.3 Å². The molecule has 0 spiro atoms. The zero-order chi connectivity index (χ0) is 11.6. The highest BCUT2D eigenvalue weighted by atomic mass is 19.3. The van der Waals surface area contributed by atoms with Crippen LogP contribution in [0.1, 0.15) is 32.1 Å². The van der Waals surface area contributed by atoms with Crippen molar-refractivity contribution in [2.45, 2.75) is 50.1 Å². The summed E-state index contributed by atoms with van der Waals surface area (Å²) in [6.45, 7) is 0.703. The highest BCUT2D eigenvalue weighted by molar-refractivity contribution is 4.92. The van der Waals surface area contributed by atoms with Gasteiger partial charge in [0.25, 0.3) is 0 Å². The number of nitrogens with zero attached hydrogens (tertiary/aromatic N) is 2. The molecule has 3 nitrogen and oxygen atoms in total. The first kappa shape index (κ1) is 11.5. The van der Waals surface area contributed by atoms with Gasteiger partial charge in [0, 0.05) is 37.3 Å². The summed E-state index contributed by atoms with van der Waals surface area (Å²) >= 11 is 0. The number of halogens is 2. The van der Waals surface area contributed by atoms with Crippen LogP contribution in [0, 0.1) is 0 Å². The van der Waals surface area contributed by atoms with Crippen molar-refractivity contribution in [1.29, 1.82) is 0 Å². The molecular weight excluding hydrogens is 212 g/mol. The van der Waals surface area contributed by atoms with Gasteiger partial charge >= 0.3 is 0 Å². The lowest BCUT2D eigenvalue weighted by atomic mass is 9.78. The second-order valence-electron chi connectivity index (χ2n) is 4.74. The smallest absolute Gasteiger partial charge is 0.248 e. The normalized spacial score (nSPS) is 23.2. The second-order valence-corrected chi connectivity index (χ2v) is 4.74. The summed E-state index contributed by atoms with van der Waals surface area (Å²) in [6.07, 6.45) is 4.93. The molecule has 0 bridgehead atoms. The summed E-state index contributed by atoms with van der Waals surface area (Å²) in [5, 5.41) is 4.07. The minimum Gasteiger partial charge on any atom is -0.325 e. The van der Waals surface area contributed by atoms with Gasteiger partial charge in [-0.1, -0.05) is 0 Å². The molecule has 1 heterocycles. The quantitative estimate of drug-likeness (QED) is 0.863. The number of hydrogen-bond donors (Lipinski definition) is 1. The van der Waals surface area contributed by atoms with Crippen LogP contribution in [0.25, 0.3) is 0 Å². The van der Waals surface area contributed by atoms with Crippen molar-refractivity contribution in [2.75, 3.05) is 0 Å². The standard InChI is InChI=1S/C11H17F2N3/c12-11(13)4-2-10(14,3-5-11)6-9-16-8-1-7-15-16/h1,7-8H,2-6,9,14H2. The molecule has 0 saturated heterocycles. The van der Waals surface area contributed by atoms with Crippen LogP contribution in [-0.4, -0.2) is 21.2 Å². The maximum absolute atomic E-state index is 13.0. The van der Waals surface area contributed by atoms with Crippen molar-refractivity contribution in [3.63, 3.8) is 0 Å². The average molecular weight is 229 g/mol. The molecule has 1 saturated carbocycles. The predicted molar refractivity (Wildman–Crippen MR) is 57.2 cm³/mol. The fourth-order valence-electron chi connectivity index (χ4n) is 2.13. The molecule has 16 heavy (non-hydrogen) atoms. The van der Waals surface area contributed by atoms with Crippen LogP contribution in [-0.2, 0) is 6.54 Å². The van der Waals surface area contributed by atoms with Crippen LogP contribution in [0.15, 0.2) is 18.5 Å². The molecule has 90 valence electrons. The molecule has 5 heteroatoms. The van der Waals surface area contributed by atoms with E-state index < -0.39 is 11.5 Å². The third-order valence-electron chi connectivity index (χ3n) is 3.38. The Morgan fingerprint density at radius 2 is 1.94 bits per heavy atom. The highest BCUT2D eigenvalue weighted by Crippen LogP contribution is 2.38. The number of nitrogens with two attached hydrogens (primary N) is 1. The summed E-state index contributed by atoms with van der Waals surface area (Å²) in [7, 11) is 0. The van der Waals surface area contributed by atoms with Crippen molar-refractivity contribution in [3.05, 3.63) is 18.5 Å². The molecule has 0 atom stereocenters. The lowest BCUT2D eigenvalue weighted by molar-refractivity contribution is -0.0520. The molecule has 1 aliphatic rings. The van der Waals surface area contributed by atoms with Gasteiger partial charge < -0.3 is 5.73 Å². The van der Waals surface area contributed by atoms with Crippen molar-refractivity contribution in [1.82, 2.24) is 9.78 Å². The van der Waals surface area contributed by atoms with E-state index in [0.29, 0.717) is 25.8 Å². The fourth-order valence-corrected chi connectivity index (χ4v) is 2.13. The van der Waals surface area contributed by atoms with Crippen LogP contribution >= 0.6 is 0 Å². The number of rotatable bonds is 3. The monoisotopic (exact) mass is 229 g/mol. The maximum atomic E-state index is 13.0. The fraction of sp³-hybridized carbons (Fsp3) is 0.727. The Kier molecular flexibility index (Phi) is 2.97. The summed E-state index contributed by atoms with van der Waals surface area (Å²) in [5.74, 6) is -2.51. The molecule has 1 aromatic heterocycles. The van der Waals surface area contributed by atoms with Crippen molar-refractivity contribution < 1.29 is 8.78 Å². The van der Waals surface area contributed by atoms with E-state index in [1.165, 1.54) is 0 Å². The van der Waals surface area contributed by atoms with E-state index in [0.717, 1.165) is 0 Å². The zero-order valence-corrected chi connectivity index (χ0v) is 9.20. The Morgan fingerprint density at radius 1 is 1.25 bits per heavy atom. The van der Waals surface area contributed by atoms with Crippen LogP contribution in [0.2, 0.25) is 0 Å². The molecular formula is C11H17F2N3. The second kappa shape index (κ2) is 4.13. The van der Waals surface area contributed by atoms with Gasteiger partial charge in [0.2, 0.25) is 5.92 Å². The van der Waals surface area contributed by atoms with Crippen molar-refractivity contribution >= 4 is 0 Å². The SMILES string of the molecule is NC1(CCn2cccn2)CCC(F)(F)CC1. The molecule has 1 fully saturated rings. The number of hydrogen-bond acceptors (Lipinski definition) is 2. The molecule has 0 radical (unpaired) electrons. The molecule has 2 rings (SSSR count). The van der Waals surface area contributed by atoms with Crippen LogP contribution in [0.4, 0.5) is 8.78 Å². The Bertz CT molecular complexity index is 325. The summed E-state index contributed by atoms with van der Waals surface area (Å²) < 4.78 is 27.8. The van der Waals surface area contributed by atoms with Crippen LogP contribution in [0.5, 0.6) is 0 Å². The lowest BCUT2D eigenvalue weighted by Crippen LogP contribution is -2.46. The summed E-state index contributed by atoms with van der Waals surface area (Å²) in [4.78, 5) is 0. The van der Waals surface area contributed by atoms with E-state index in [4.69, 9.17) is 5.73 Å². The largest absolute Gasteiger partial charge is 0.325 e. The minimum absolute atomic E-state index is 0.0807. The topological polar surface area (TPSA) is 43.8 Å². The number of aromatic nitrogens is 2. The van der Waals surface area contributed by atoms with E-state index in [1.54, 1.807) is 10.9 Å². The van der Waals surface area contributed by atoms with Gasteiger partial charge in [-0.25, -0.2) is 8.78 Å². The molecule has 0 unspecified atom stereocenters. The maximum Gasteiger partial charge on any atom is 0.248 e. The summed E-state index contributed by atoms with van der Waals surface area (Å²) in [5.41, 5.74) is 5.69. The Balaban J connectivity index is 1.85. The zero-order valence-electron chi connectivity index (χ0n) is 9.20. The van der Waals surface area contributed by atoms with Crippen LogP contribution < -0.4 is 5.73 Å². The first-order chi connectivity index (χ1) is 7.49. The van der Waals surface area contributed by atoms with Gasteiger partial charge in [0.15, 0.2) is 0 Å². The predicted octanol–water partition coefficient (Wildman–Crippen LogP) is 2.18. The number of alkyl halides is 2. The first-order valence-corrected chi connectivity index (χ1v) is 5.63. The Morgan fingerprint density at radius 3 is 2.50 bits per heavy atom. The van der Waals surface area contributed by atoms with Crippen LogP contribution in [0.3, 0.4) is 0 Å². The first-order valence-electron chi connectivity index (χ1n) is 5.63. The molecule has 0 aliphatic heterocycles. The van der Waals surface area contributed by atoms with E-state index >= 15 is 0 Å². The minimum atomic E-state index is -2.51. The molecule has 1 aromatic rings. The Hall–Kier alpha value is -0.970. The third kappa shape index (κ3) is 2.78. The van der Waals surface area contributed by atoms with E-state index in [2.05, 4.69) is 5.10 Å². The van der Waals surface area contributed by atoms with E-state index in [1.807, 2.05) is 12.3 Å². The molecule has 0 amide bonds. The third-order valence-corrected chi connectivity index (χ3v) is 3.38. The Labute approximate surface area is 93.6 Å². The highest BCUT2D eigenvalue weighted by Gasteiger charge is 2.40. The van der Waals surface area contributed by atoms with E-state index in [9.17, 15) is 8.78 Å². The van der Waals surface area contributed by atoms with E-state index in [-0.39, 0.29) is 12.8 Å². The van der Waals surface area contributed by atoms with Gasteiger partial charge in [-0.15, -0.1) is 0 Å². The van der Waals surface area contributed by atoms with Crippen molar-refractivity contribution in [3.8, 4) is 0 Å². The van der Waals surface area contributed by atoms with Gasteiger partial charge in [-0.3, -0.25) is 4.68 Å². The van der Waals surface area contributed by atoms with Crippen molar-refractivity contribution in [2.24, 2.45) is 5.73 Å². The molecule has 1 aliphatic carbocycles.